The van der Waals surface area contributed by atoms with E-state index < -0.39 is 35.6 Å². The molecule has 25 heavy (non-hydrogen) atoms. The Morgan fingerprint density at radius 3 is 2.28 bits per heavy atom. The molecule has 4 nitrogen and oxygen atoms in total. The Kier molecular flexibility index (Phi) is 4.12. The van der Waals surface area contributed by atoms with Crippen LogP contribution in [0.25, 0.3) is 0 Å². The first-order valence-electron chi connectivity index (χ1n) is 7.11. The van der Waals surface area contributed by atoms with Gasteiger partial charge in [0.15, 0.2) is 5.76 Å². The van der Waals surface area contributed by atoms with Gasteiger partial charge in [-0.15, -0.1) is 13.2 Å². The third-order valence-electron chi connectivity index (χ3n) is 3.60. The lowest BCUT2D eigenvalue weighted by Crippen LogP contribution is -2.30. The number of amides is 1. The number of carbonyl (C=O) groups excluding carboxylic acids is 1. The number of aliphatic hydroxyl groups is 1. The number of alkyl halides is 3. The Balaban J connectivity index is 1.94. The maximum absolute atomic E-state index is 14.0. The standard InChI is InChI=1S/C17H11F4NO3/c18-13-4-2-1-3-12(13)14-9-15(23)16(24)22(14)10-5-7-11(8-6-10)25-17(19,20)21/h1-9,14,23H. The molecule has 0 fully saturated rings. The predicted octanol–water partition coefficient (Wildman–Crippen LogP) is 4.25. The fourth-order valence-electron chi connectivity index (χ4n) is 2.58. The van der Waals surface area contributed by atoms with Gasteiger partial charge in [-0.1, -0.05) is 18.2 Å². The van der Waals surface area contributed by atoms with E-state index in [2.05, 4.69) is 4.74 Å². The highest BCUT2D eigenvalue weighted by molar-refractivity contribution is 6.07. The summed E-state index contributed by atoms with van der Waals surface area (Å²) in [6, 6.07) is 9.31. The van der Waals surface area contributed by atoms with Gasteiger partial charge in [-0.05, 0) is 36.4 Å². The van der Waals surface area contributed by atoms with Gasteiger partial charge in [-0.2, -0.15) is 0 Å². The van der Waals surface area contributed by atoms with Gasteiger partial charge in [-0.25, -0.2) is 4.39 Å². The van der Waals surface area contributed by atoms with Crippen molar-refractivity contribution in [2.75, 3.05) is 4.90 Å². The van der Waals surface area contributed by atoms with Crippen LogP contribution in [0.2, 0.25) is 0 Å². The highest BCUT2D eigenvalue weighted by Crippen LogP contribution is 2.37. The highest BCUT2D eigenvalue weighted by atomic mass is 19.4. The summed E-state index contributed by atoms with van der Waals surface area (Å²) in [5, 5.41) is 9.73. The quantitative estimate of drug-likeness (QED) is 0.839. The molecule has 0 saturated carbocycles. The van der Waals surface area contributed by atoms with E-state index in [4.69, 9.17) is 0 Å². The molecular weight excluding hydrogens is 342 g/mol. The van der Waals surface area contributed by atoms with Crippen LogP contribution in [-0.2, 0) is 4.79 Å². The van der Waals surface area contributed by atoms with Gasteiger partial charge in [-0.3, -0.25) is 9.69 Å². The fourth-order valence-corrected chi connectivity index (χ4v) is 2.58. The molecule has 0 aliphatic carbocycles. The summed E-state index contributed by atoms with van der Waals surface area (Å²) in [7, 11) is 0. The van der Waals surface area contributed by atoms with Crippen LogP contribution in [0.15, 0.2) is 60.4 Å². The average molecular weight is 353 g/mol. The fraction of sp³-hybridized carbons (Fsp3) is 0.118. The molecule has 2 aromatic carbocycles. The minimum absolute atomic E-state index is 0.149. The molecule has 1 heterocycles. The van der Waals surface area contributed by atoms with Crippen LogP contribution in [0.3, 0.4) is 0 Å². The Morgan fingerprint density at radius 2 is 1.68 bits per heavy atom. The lowest BCUT2D eigenvalue weighted by molar-refractivity contribution is -0.274. The molecular formula is C17H11F4NO3. The van der Waals surface area contributed by atoms with Crippen molar-refractivity contribution >= 4 is 11.6 Å². The van der Waals surface area contributed by atoms with Crippen LogP contribution >= 0.6 is 0 Å². The van der Waals surface area contributed by atoms with Crippen LogP contribution in [0.1, 0.15) is 11.6 Å². The van der Waals surface area contributed by atoms with Crippen molar-refractivity contribution in [1.82, 2.24) is 0 Å². The summed E-state index contributed by atoms with van der Waals surface area (Å²) in [5.41, 5.74) is 0.337. The van der Waals surface area contributed by atoms with Crippen molar-refractivity contribution in [3.05, 3.63) is 71.7 Å². The Labute approximate surface area is 139 Å². The third kappa shape index (κ3) is 3.42. The van der Waals surface area contributed by atoms with Crippen LogP contribution in [0.4, 0.5) is 23.2 Å². The van der Waals surface area contributed by atoms with E-state index in [-0.39, 0.29) is 11.3 Å². The van der Waals surface area contributed by atoms with Gasteiger partial charge in [0.2, 0.25) is 0 Å². The molecule has 0 spiro atoms. The molecule has 8 heteroatoms. The van der Waals surface area contributed by atoms with Gasteiger partial charge < -0.3 is 9.84 Å². The second-order valence-electron chi connectivity index (χ2n) is 5.24. The molecule has 1 aliphatic rings. The van der Waals surface area contributed by atoms with Gasteiger partial charge in [0.05, 0.1) is 6.04 Å². The lowest BCUT2D eigenvalue weighted by atomic mass is 10.1. The van der Waals surface area contributed by atoms with Crippen molar-refractivity contribution < 1.29 is 32.2 Å². The average Bonchev–Trinajstić information content (AvgIpc) is 2.83. The summed E-state index contributed by atoms with van der Waals surface area (Å²) in [6.07, 6.45) is -3.65. The molecule has 0 aromatic heterocycles. The second-order valence-corrected chi connectivity index (χ2v) is 5.24. The number of aliphatic hydroxyl groups excluding tert-OH is 1. The van der Waals surface area contributed by atoms with Gasteiger partial charge >= 0.3 is 6.36 Å². The van der Waals surface area contributed by atoms with Crippen molar-refractivity contribution in [2.24, 2.45) is 0 Å². The molecule has 130 valence electrons. The molecule has 1 amide bonds. The summed E-state index contributed by atoms with van der Waals surface area (Å²) >= 11 is 0. The Bertz CT molecular complexity index is 831. The number of ether oxygens (including phenoxy) is 1. The van der Waals surface area contributed by atoms with E-state index >= 15 is 0 Å². The summed E-state index contributed by atoms with van der Waals surface area (Å²) < 4.78 is 54.5. The van der Waals surface area contributed by atoms with Crippen LogP contribution in [0.5, 0.6) is 5.75 Å². The third-order valence-corrected chi connectivity index (χ3v) is 3.60. The van der Waals surface area contributed by atoms with Crippen molar-refractivity contribution in [3.63, 3.8) is 0 Å². The van der Waals surface area contributed by atoms with Crippen molar-refractivity contribution in [2.45, 2.75) is 12.4 Å². The second kappa shape index (κ2) is 6.12. The lowest BCUT2D eigenvalue weighted by Gasteiger charge is -2.25. The smallest absolute Gasteiger partial charge is 0.503 e. The molecule has 0 bridgehead atoms. The van der Waals surface area contributed by atoms with Crippen LogP contribution < -0.4 is 9.64 Å². The number of carbonyl (C=O) groups is 1. The van der Waals surface area contributed by atoms with Crippen molar-refractivity contribution in [1.29, 1.82) is 0 Å². The minimum Gasteiger partial charge on any atom is -0.503 e. The number of anilines is 1. The maximum atomic E-state index is 14.0. The molecule has 0 radical (unpaired) electrons. The van der Waals surface area contributed by atoms with Crippen LogP contribution in [-0.4, -0.2) is 17.4 Å². The first kappa shape index (κ1) is 16.8. The largest absolute Gasteiger partial charge is 0.573 e. The van der Waals surface area contributed by atoms with E-state index in [0.717, 1.165) is 17.0 Å². The van der Waals surface area contributed by atoms with E-state index in [1.54, 1.807) is 6.07 Å². The van der Waals surface area contributed by atoms with E-state index in [1.165, 1.54) is 36.4 Å². The molecule has 1 atom stereocenters. The van der Waals surface area contributed by atoms with Gasteiger partial charge in [0.25, 0.3) is 5.91 Å². The summed E-state index contributed by atoms with van der Waals surface area (Å²) in [6.45, 7) is 0. The zero-order valence-electron chi connectivity index (χ0n) is 12.5. The first-order valence-corrected chi connectivity index (χ1v) is 7.11. The number of halogens is 4. The number of nitrogens with zero attached hydrogens (tertiary/aromatic N) is 1. The zero-order valence-corrected chi connectivity index (χ0v) is 12.5. The summed E-state index contributed by atoms with van der Waals surface area (Å²) in [5.74, 6) is -2.38. The van der Waals surface area contributed by atoms with Crippen molar-refractivity contribution in [3.8, 4) is 5.75 Å². The normalized spacial score (nSPS) is 17.6. The number of rotatable bonds is 3. The Morgan fingerprint density at radius 1 is 1.04 bits per heavy atom. The number of hydrogen-bond donors (Lipinski definition) is 1. The first-order chi connectivity index (χ1) is 11.8. The van der Waals surface area contributed by atoms with Gasteiger partial charge in [0, 0.05) is 11.3 Å². The minimum atomic E-state index is -4.83. The molecule has 2 aromatic rings. The molecule has 1 N–H and O–H groups in total. The van der Waals surface area contributed by atoms with E-state index in [9.17, 15) is 27.5 Å². The molecule has 3 rings (SSSR count). The zero-order chi connectivity index (χ0) is 18.2. The number of benzene rings is 2. The van der Waals surface area contributed by atoms with E-state index in [1.807, 2.05) is 0 Å². The highest BCUT2D eigenvalue weighted by Gasteiger charge is 2.36. The number of hydrogen-bond acceptors (Lipinski definition) is 3. The van der Waals surface area contributed by atoms with Crippen LogP contribution in [0, 0.1) is 5.82 Å². The maximum Gasteiger partial charge on any atom is 0.573 e. The summed E-state index contributed by atoms with van der Waals surface area (Å²) in [4.78, 5) is 13.3. The van der Waals surface area contributed by atoms with Gasteiger partial charge in [0.1, 0.15) is 11.6 Å². The predicted molar refractivity (Wildman–Crippen MR) is 80.5 cm³/mol. The molecule has 1 aliphatic heterocycles. The monoisotopic (exact) mass is 353 g/mol. The van der Waals surface area contributed by atoms with E-state index in [0.29, 0.717) is 0 Å². The molecule has 1 unspecified atom stereocenters. The topological polar surface area (TPSA) is 49.8 Å². The Hall–Kier alpha value is -3.03. The SMILES string of the molecule is O=C1C(O)=CC(c2ccccc2F)N1c1ccc(OC(F)(F)F)cc1. The molecule has 0 saturated heterocycles.